The van der Waals surface area contributed by atoms with Crippen molar-refractivity contribution in [2.75, 3.05) is 6.54 Å². The van der Waals surface area contributed by atoms with Crippen LogP contribution in [-0.4, -0.2) is 12.6 Å². The molecule has 0 aliphatic heterocycles. The highest BCUT2D eigenvalue weighted by atomic mass is 35.5. The predicted octanol–water partition coefficient (Wildman–Crippen LogP) is 3.21. The molecule has 0 saturated carbocycles. The van der Waals surface area contributed by atoms with Gasteiger partial charge in [0, 0.05) is 12.6 Å². The number of hydrogen-bond acceptors (Lipinski definition) is 2. The van der Waals surface area contributed by atoms with Crippen LogP contribution in [0.1, 0.15) is 25.3 Å². The maximum absolute atomic E-state index is 5.92. The van der Waals surface area contributed by atoms with E-state index in [4.69, 9.17) is 28.9 Å². The van der Waals surface area contributed by atoms with Crippen LogP contribution < -0.4 is 11.1 Å². The van der Waals surface area contributed by atoms with Crippen LogP contribution >= 0.6 is 23.2 Å². The van der Waals surface area contributed by atoms with E-state index in [0.717, 1.165) is 31.5 Å². The molecule has 1 rings (SSSR count). The molecule has 0 spiro atoms. The molecular weight excluding hydrogens is 243 g/mol. The third kappa shape index (κ3) is 5.17. The standard InChI is InChI=1S/C12H18Cl2N2/c1-9(15)3-2-6-16-8-10-4-5-11(13)12(14)7-10/h4-5,7,9,16H,2-3,6,8,15H2,1H3. The smallest absolute Gasteiger partial charge is 0.0595 e. The molecule has 0 fully saturated rings. The lowest BCUT2D eigenvalue weighted by atomic mass is 10.2. The zero-order chi connectivity index (χ0) is 12.0. The van der Waals surface area contributed by atoms with Crippen molar-refractivity contribution in [3.8, 4) is 0 Å². The molecule has 4 heteroatoms. The van der Waals surface area contributed by atoms with Gasteiger partial charge in [0.05, 0.1) is 10.0 Å². The molecule has 0 aliphatic rings. The molecule has 0 aromatic heterocycles. The third-order valence-electron chi connectivity index (χ3n) is 2.33. The van der Waals surface area contributed by atoms with Crippen molar-refractivity contribution in [2.24, 2.45) is 5.73 Å². The molecule has 0 radical (unpaired) electrons. The highest BCUT2D eigenvalue weighted by Crippen LogP contribution is 2.22. The van der Waals surface area contributed by atoms with Gasteiger partial charge in [-0.15, -0.1) is 0 Å². The Balaban J connectivity index is 2.24. The lowest BCUT2D eigenvalue weighted by Gasteiger charge is -2.07. The van der Waals surface area contributed by atoms with E-state index >= 15 is 0 Å². The van der Waals surface area contributed by atoms with E-state index in [1.54, 1.807) is 0 Å². The minimum Gasteiger partial charge on any atom is -0.328 e. The summed E-state index contributed by atoms with van der Waals surface area (Å²) in [7, 11) is 0. The molecule has 2 nitrogen and oxygen atoms in total. The van der Waals surface area contributed by atoms with Crippen molar-refractivity contribution in [3.63, 3.8) is 0 Å². The Labute approximate surface area is 107 Å². The van der Waals surface area contributed by atoms with Crippen molar-refractivity contribution in [1.29, 1.82) is 0 Å². The number of halogens is 2. The molecule has 0 heterocycles. The van der Waals surface area contributed by atoms with Gasteiger partial charge in [0.25, 0.3) is 0 Å². The predicted molar refractivity (Wildman–Crippen MR) is 71.1 cm³/mol. The Morgan fingerprint density at radius 1 is 1.31 bits per heavy atom. The van der Waals surface area contributed by atoms with E-state index in [9.17, 15) is 0 Å². The summed E-state index contributed by atoms with van der Waals surface area (Å²) in [6.45, 7) is 3.82. The summed E-state index contributed by atoms with van der Waals surface area (Å²) < 4.78 is 0. The Hall–Kier alpha value is -0.280. The second kappa shape index (κ2) is 7.13. The Kier molecular flexibility index (Phi) is 6.14. The topological polar surface area (TPSA) is 38.0 Å². The van der Waals surface area contributed by atoms with Crippen molar-refractivity contribution in [1.82, 2.24) is 5.32 Å². The first kappa shape index (κ1) is 13.8. The highest BCUT2D eigenvalue weighted by molar-refractivity contribution is 6.42. The first-order valence-corrected chi connectivity index (χ1v) is 6.25. The first-order chi connectivity index (χ1) is 7.59. The van der Waals surface area contributed by atoms with Crippen LogP contribution in [0.4, 0.5) is 0 Å². The molecule has 1 aromatic carbocycles. The summed E-state index contributed by atoms with van der Waals surface area (Å²) in [5.74, 6) is 0. The van der Waals surface area contributed by atoms with Gasteiger partial charge in [0.2, 0.25) is 0 Å². The molecule has 90 valence electrons. The van der Waals surface area contributed by atoms with Gasteiger partial charge in [0.15, 0.2) is 0 Å². The molecule has 16 heavy (non-hydrogen) atoms. The second-order valence-corrected chi connectivity index (χ2v) is 4.86. The van der Waals surface area contributed by atoms with Crippen molar-refractivity contribution in [3.05, 3.63) is 33.8 Å². The molecule has 0 saturated heterocycles. The van der Waals surface area contributed by atoms with E-state index in [0.29, 0.717) is 10.0 Å². The number of hydrogen-bond donors (Lipinski definition) is 2. The lowest BCUT2D eigenvalue weighted by Crippen LogP contribution is -2.19. The van der Waals surface area contributed by atoms with E-state index < -0.39 is 0 Å². The molecule has 0 aliphatic carbocycles. The summed E-state index contributed by atoms with van der Waals surface area (Å²) >= 11 is 11.8. The average molecular weight is 261 g/mol. The maximum Gasteiger partial charge on any atom is 0.0595 e. The largest absolute Gasteiger partial charge is 0.328 e. The fraction of sp³-hybridized carbons (Fsp3) is 0.500. The van der Waals surface area contributed by atoms with Crippen molar-refractivity contribution < 1.29 is 0 Å². The maximum atomic E-state index is 5.92. The van der Waals surface area contributed by atoms with Crippen molar-refractivity contribution in [2.45, 2.75) is 32.4 Å². The van der Waals surface area contributed by atoms with E-state index in [2.05, 4.69) is 5.32 Å². The van der Waals surface area contributed by atoms with E-state index in [-0.39, 0.29) is 6.04 Å². The van der Waals surface area contributed by atoms with E-state index in [1.165, 1.54) is 0 Å². The zero-order valence-corrected chi connectivity index (χ0v) is 11.0. The molecule has 0 amide bonds. The fourth-order valence-corrected chi connectivity index (χ4v) is 1.75. The fourth-order valence-electron chi connectivity index (χ4n) is 1.43. The van der Waals surface area contributed by atoms with Gasteiger partial charge >= 0.3 is 0 Å². The van der Waals surface area contributed by atoms with E-state index in [1.807, 2.05) is 25.1 Å². The molecule has 3 N–H and O–H groups in total. The summed E-state index contributed by atoms with van der Waals surface area (Å²) in [6, 6.07) is 5.98. The molecular formula is C12H18Cl2N2. The normalized spacial score (nSPS) is 12.8. The second-order valence-electron chi connectivity index (χ2n) is 4.04. The first-order valence-electron chi connectivity index (χ1n) is 5.50. The third-order valence-corrected chi connectivity index (χ3v) is 3.07. The van der Waals surface area contributed by atoms with Crippen molar-refractivity contribution >= 4 is 23.2 Å². The zero-order valence-electron chi connectivity index (χ0n) is 9.47. The molecule has 1 atom stereocenters. The summed E-state index contributed by atoms with van der Waals surface area (Å²) in [6.07, 6.45) is 2.15. The lowest BCUT2D eigenvalue weighted by molar-refractivity contribution is 0.574. The van der Waals surface area contributed by atoms with Crippen LogP contribution in [-0.2, 0) is 6.54 Å². The summed E-state index contributed by atoms with van der Waals surface area (Å²) in [5, 5.41) is 4.55. The van der Waals surface area contributed by atoms with Crippen LogP contribution in [0.25, 0.3) is 0 Å². The highest BCUT2D eigenvalue weighted by Gasteiger charge is 1.99. The van der Waals surface area contributed by atoms with Gasteiger partial charge in [-0.05, 0) is 44.0 Å². The summed E-state index contributed by atoms with van der Waals surface area (Å²) in [5.41, 5.74) is 6.81. The Morgan fingerprint density at radius 2 is 2.06 bits per heavy atom. The van der Waals surface area contributed by atoms with Crippen LogP contribution in [0.15, 0.2) is 18.2 Å². The van der Waals surface area contributed by atoms with Crippen LogP contribution in [0.3, 0.4) is 0 Å². The Bertz CT molecular complexity index is 327. The number of nitrogens with one attached hydrogen (secondary N) is 1. The average Bonchev–Trinajstić information content (AvgIpc) is 2.22. The molecule has 1 unspecified atom stereocenters. The van der Waals surface area contributed by atoms with Gasteiger partial charge in [-0.3, -0.25) is 0 Å². The van der Waals surface area contributed by atoms with Crippen LogP contribution in [0, 0.1) is 0 Å². The van der Waals surface area contributed by atoms with Crippen LogP contribution in [0.2, 0.25) is 10.0 Å². The van der Waals surface area contributed by atoms with Crippen LogP contribution in [0.5, 0.6) is 0 Å². The summed E-state index contributed by atoms with van der Waals surface area (Å²) in [4.78, 5) is 0. The molecule has 1 aromatic rings. The number of benzene rings is 1. The minimum atomic E-state index is 0.284. The SMILES string of the molecule is CC(N)CCCNCc1ccc(Cl)c(Cl)c1. The number of rotatable bonds is 6. The molecule has 0 bridgehead atoms. The van der Waals surface area contributed by atoms with Gasteiger partial charge in [0.1, 0.15) is 0 Å². The van der Waals surface area contributed by atoms with Gasteiger partial charge in [-0.2, -0.15) is 0 Å². The number of nitrogens with two attached hydrogens (primary N) is 1. The minimum absolute atomic E-state index is 0.284. The monoisotopic (exact) mass is 260 g/mol. The van der Waals surface area contributed by atoms with Gasteiger partial charge in [-0.1, -0.05) is 29.3 Å². The van der Waals surface area contributed by atoms with Gasteiger partial charge < -0.3 is 11.1 Å². The quantitative estimate of drug-likeness (QED) is 0.772. The Morgan fingerprint density at radius 3 is 2.69 bits per heavy atom. The van der Waals surface area contributed by atoms with Gasteiger partial charge in [-0.25, -0.2) is 0 Å².